The second kappa shape index (κ2) is 9.18. The van der Waals surface area contributed by atoms with E-state index in [-0.39, 0.29) is 0 Å². The molecule has 0 fully saturated rings. The Bertz CT molecular complexity index is 985. The summed E-state index contributed by atoms with van der Waals surface area (Å²) in [4.78, 5) is 13.0. The molecule has 28 heavy (non-hydrogen) atoms. The Kier molecular flexibility index (Phi) is 6.66. The molecule has 3 aromatic rings. The van der Waals surface area contributed by atoms with Crippen LogP contribution in [0, 0.1) is 0 Å². The zero-order chi connectivity index (χ0) is 20.1. The van der Waals surface area contributed by atoms with Crippen LogP contribution in [0.25, 0.3) is 0 Å². The fourth-order valence-electron chi connectivity index (χ4n) is 2.55. The molecule has 6 nitrogen and oxygen atoms in total. The number of nitrogens with zero attached hydrogens (tertiary/aromatic N) is 2. The van der Waals surface area contributed by atoms with Crippen LogP contribution in [-0.4, -0.2) is 28.0 Å². The Morgan fingerprint density at radius 1 is 1.32 bits per heavy atom. The second-order valence-electron chi connectivity index (χ2n) is 5.89. The second-order valence-corrected chi connectivity index (χ2v) is 7.84. The molecule has 146 valence electrons. The predicted octanol–water partition coefficient (Wildman–Crippen LogP) is 4.80. The number of hydrogen-bond donors (Lipinski definition) is 2. The molecule has 1 aromatic carbocycles. The lowest BCUT2D eigenvalue weighted by Crippen LogP contribution is -2.20. The number of carbonyl (C=O) groups excluding carboxylic acids is 1. The molecular formula is C19H19ClN4O2S2. The number of esters is 1. The average molecular weight is 435 g/mol. The molecule has 0 atom stereocenters. The van der Waals surface area contributed by atoms with E-state index in [2.05, 4.69) is 15.7 Å². The van der Waals surface area contributed by atoms with Gasteiger partial charge in [0.1, 0.15) is 10.0 Å². The van der Waals surface area contributed by atoms with Gasteiger partial charge in [0.15, 0.2) is 10.9 Å². The largest absolute Gasteiger partial charge is 0.465 e. The van der Waals surface area contributed by atoms with E-state index in [0.717, 1.165) is 16.9 Å². The Hall–Kier alpha value is -2.42. The molecule has 0 aliphatic rings. The first-order valence-corrected chi connectivity index (χ1v) is 10.2. The highest BCUT2D eigenvalue weighted by molar-refractivity contribution is 7.80. The first-order valence-electron chi connectivity index (χ1n) is 8.56. The van der Waals surface area contributed by atoms with E-state index >= 15 is 0 Å². The van der Waals surface area contributed by atoms with E-state index in [1.165, 1.54) is 18.4 Å². The minimum atomic E-state index is -0.411. The van der Waals surface area contributed by atoms with Crippen LogP contribution in [0.1, 0.15) is 27.7 Å². The van der Waals surface area contributed by atoms with Crippen molar-refractivity contribution in [1.82, 2.24) is 9.78 Å². The number of aromatic nitrogens is 2. The zero-order valence-corrected chi connectivity index (χ0v) is 17.7. The van der Waals surface area contributed by atoms with E-state index in [4.69, 9.17) is 28.6 Å². The maximum absolute atomic E-state index is 12.0. The molecule has 0 spiro atoms. The van der Waals surface area contributed by atoms with Gasteiger partial charge >= 0.3 is 5.97 Å². The summed E-state index contributed by atoms with van der Waals surface area (Å²) in [6.45, 7) is 2.62. The van der Waals surface area contributed by atoms with Gasteiger partial charge in [-0.3, -0.25) is 4.68 Å². The third-order valence-electron chi connectivity index (χ3n) is 3.90. The summed E-state index contributed by atoms with van der Waals surface area (Å²) >= 11 is 13.1. The van der Waals surface area contributed by atoms with E-state index in [1.807, 2.05) is 43.3 Å². The number of halogens is 1. The number of anilines is 2. The van der Waals surface area contributed by atoms with Crippen LogP contribution in [-0.2, 0) is 17.7 Å². The van der Waals surface area contributed by atoms with Crippen LogP contribution < -0.4 is 10.6 Å². The van der Waals surface area contributed by atoms with Gasteiger partial charge in [0, 0.05) is 11.1 Å². The van der Waals surface area contributed by atoms with E-state index in [0.29, 0.717) is 33.1 Å². The molecule has 2 aromatic heterocycles. The average Bonchev–Trinajstić information content (AvgIpc) is 3.25. The molecule has 0 amide bonds. The minimum Gasteiger partial charge on any atom is -0.465 e. The van der Waals surface area contributed by atoms with Gasteiger partial charge in [-0.05, 0) is 30.3 Å². The minimum absolute atomic E-state index is 0.293. The van der Waals surface area contributed by atoms with Gasteiger partial charge in [-0.15, -0.1) is 11.3 Å². The van der Waals surface area contributed by atoms with Gasteiger partial charge in [-0.2, -0.15) is 5.10 Å². The van der Waals surface area contributed by atoms with E-state index in [1.54, 1.807) is 10.9 Å². The highest BCUT2D eigenvalue weighted by atomic mass is 35.5. The van der Waals surface area contributed by atoms with E-state index in [9.17, 15) is 4.79 Å². The standard InChI is InChI=1S/C19H19ClN4O2S2/c1-3-13-9-14(18(25)26-2)17(28-13)22-19(27)21-16-15(20)11-24(23-16)10-12-7-5-4-6-8-12/h4-9,11H,3,10H2,1-2H3,(H2,21,22,23,27). The van der Waals surface area contributed by atoms with Crippen LogP contribution in [0.5, 0.6) is 0 Å². The van der Waals surface area contributed by atoms with Crippen molar-refractivity contribution in [2.45, 2.75) is 19.9 Å². The quantitative estimate of drug-likeness (QED) is 0.429. The number of thiocarbonyl (C=S) groups is 1. The lowest BCUT2D eigenvalue weighted by atomic mass is 10.2. The highest BCUT2D eigenvalue weighted by Crippen LogP contribution is 2.29. The van der Waals surface area contributed by atoms with Crippen LogP contribution in [0.2, 0.25) is 5.02 Å². The molecule has 0 unspecified atom stereocenters. The van der Waals surface area contributed by atoms with Crippen LogP contribution in [0.4, 0.5) is 10.8 Å². The Labute approximate surface area is 177 Å². The Morgan fingerprint density at radius 3 is 2.75 bits per heavy atom. The Morgan fingerprint density at radius 2 is 2.07 bits per heavy atom. The topological polar surface area (TPSA) is 68.2 Å². The summed E-state index contributed by atoms with van der Waals surface area (Å²) < 4.78 is 6.58. The van der Waals surface area contributed by atoms with Crippen LogP contribution in [0.15, 0.2) is 42.6 Å². The summed E-state index contributed by atoms with van der Waals surface area (Å²) in [5.74, 6) is 0.0356. The number of aryl methyl sites for hydroxylation is 1. The molecule has 0 saturated heterocycles. The van der Waals surface area contributed by atoms with Crippen molar-refractivity contribution < 1.29 is 9.53 Å². The van der Waals surface area contributed by atoms with Crippen molar-refractivity contribution in [3.8, 4) is 0 Å². The van der Waals surface area contributed by atoms with Gasteiger partial charge in [0.05, 0.1) is 19.2 Å². The van der Waals surface area contributed by atoms with Gasteiger partial charge in [-0.25, -0.2) is 4.79 Å². The molecule has 0 aliphatic heterocycles. The zero-order valence-electron chi connectivity index (χ0n) is 15.4. The van der Waals surface area contributed by atoms with E-state index < -0.39 is 5.97 Å². The molecule has 0 radical (unpaired) electrons. The van der Waals surface area contributed by atoms with Crippen molar-refractivity contribution in [2.24, 2.45) is 0 Å². The van der Waals surface area contributed by atoms with Crippen molar-refractivity contribution >= 4 is 57.1 Å². The third kappa shape index (κ3) is 4.89. The van der Waals surface area contributed by atoms with Gasteiger partial charge in [0.25, 0.3) is 0 Å². The molecule has 2 heterocycles. The molecule has 2 N–H and O–H groups in total. The smallest absolute Gasteiger partial charge is 0.340 e. The number of ether oxygens (including phenoxy) is 1. The summed E-state index contributed by atoms with van der Waals surface area (Å²) in [6.07, 6.45) is 2.55. The van der Waals surface area contributed by atoms with Gasteiger partial charge < -0.3 is 15.4 Å². The number of methoxy groups -OCH3 is 1. The number of carbonyl (C=O) groups is 1. The SMILES string of the molecule is CCc1cc(C(=O)OC)c(NC(=S)Nc2nn(Cc3ccccc3)cc2Cl)s1. The summed E-state index contributed by atoms with van der Waals surface area (Å²) in [6, 6.07) is 11.8. The maximum Gasteiger partial charge on any atom is 0.340 e. The van der Waals surface area contributed by atoms with Crippen LogP contribution in [0.3, 0.4) is 0 Å². The first kappa shape index (κ1) is 20.3. The van der Waals surface area contributed by atoms with Crippen LogP contribution >= 0.6 is 35.2 Å². The lowest BCUT2D eigenvalue weighted by Gasteiger charge is -2.09. The van der Waals surface area contributed by atoms with Crippen molar-refractivity contribution in [3.05, 3.63) is 63.6 Å². The molecule has 0 aliphatic carbocycles. The third-order valence-corrected chi connectivity index (χ3v) is 5.58. The van der Waals surface area contributed by atoms with Crippen molar-refractivity contribution in [1.29, 1.82) is 0 Å². The van der Waals surface area contributed by atoms with Crippen molar-refractivity contribution in [3.63, 3.8) is 0 Å². The predicted molar refractivity (Wildman–Crippen MR) is 118 cm³/mol. The number of benzene rings is 1. The number of nitrogens with one attached hydrogen (secondary N) is 2. The fraction of sp³-hybridized carbons (Fsp3) is 0.211. The monoisotopic (exact) mass is 434 g/mol. The summed E-state index contributed by atoms with van der Waals surface area (Å²) in [5.41, 5.74) is 1.57. The number of hydrogen-bond acceptors (Lipinski definition) is 5. The molecule has 0 bridgehead atoms. The molecule has 9 heteroatoms. The number of thiophene rings is 1. The Balaban J connectivity index is 1.70. The molecule has 0 saturated carbocycles. The first-order chi connectivity index (χ1) is 13.5. The lowest BCUT2D eigenvalue weighted by molar-refractivity contribution is 0.0602. The normalized spacial score (nSPS) is 10.5. The summed E-state index contributed by atoms with van der Waals surface area (Å²) in [5, 5.41) is 11.8. The fourth-order valence-corrected chi connectivity index (χ4v) is 4.00. The summed E-state index contributed by atoms with van der Waals surface area (Å²) in [7, 11) is 1.35. The van der Waals surface area contributed by atoms with Gasteiger partial charge in [0.2, 0.25) is 0 Å². The molecular weight excluding hydrogens is 416 g/mol. The van der Waals surface area contributed by atoms with Crippen molar-refractivity contribution in [2.75, 3.05) is 17.7 Å². The highest BCUT2D eigenvalue weighted by Gasteiger charge is 2.18. The van der Waals surface area contributed by atoms with Gasteiger partial charge in [-0.1, -0.05) is 48.9 Å². The number of rotatable bonds is 6. The molecule has 3 rings (SSSR count). The maximum atomic E-state index is 12.0.